The van der Waals surface area contributed by atoms with Crippen LogP contribution < -0.4 is 9.64 Å². The Morgan fingerprint density at radius 1 is 1.11 bits per heavy atom. The maximum absolute atomic E-state index is 13.5. The highest BCUT2D eigenvalue weighted by Gasteiger charge is 2.36. The van der Waals surface area contributed by atoms with Gasteiger partial charge in [0.25, 0.3) is 0 Å². The van der Waals surface area contributed by atoms with Crippen LogP contribution in [0.4, 0.5) is 10.5 Å². The van der Waals surface area contributed by atoms with Gasteiger partial charge in [0.15, 0.2) is 0 Å². The third-order valence-electron chi connectivity index (χ3n) is 6.35. The van der Waals surface area contributed by atoms with E-state index in [0.29, 0.717) is 34.2 Å². The monoisotopic (exact) mass is 490 g/mol. The number of phenolic OH excluding ortho intramolecular Hbond substituents is 2. The zero-order valence-corrected chi connectivity index (χ0v) is 20.6. The summed E-state index contributed by atoms with van der Waals surface area (Å²) in [6.45, 7) is 7.83. The highest BCUT2D eigenvalue weighted by atomic mass is 35.5. The smallest absolute Gasteiger partial charge is 0.348 e. The molecule has 6 nitrogen and oxygen atoms in total. The van der Waals surface area contributed by atoms with Crippen molar-refractivity contribution >= 4 is 29.0 Å². The quantitative estimate of drug-likeness (QED) is 0.373. The van der Waals surface area contributed by atoms with Gasteiger partial charge in [-0.2, -0.15) is 4.99 Å². The fourth-order valence-electron chi connectivity index (χ4n) is 4.25. The Labute approximate surface area is 209 Å². The number of urea groups is 1. The summed E-state index contributed by atoms with van der Waals surface area (Å²) in [5, 5.41) is 21.0. The lowest BCUT2D eigenvalue weighted by Crippen LogP contribution is -2.39. The minimum atomic E-state index is -0.525. The first kappa shape index (κ1) is 24.4. The number of methoxy groups -OCH3 is 1. The van der Waals surface area contributed by atoms with E-state index in [-0.39, 0.29) is 11.5 Å². The van der Waals surface area contributed by atoms with Gasteiger partial charge in [-0.1, -0.05) is 31.5 Å². The fraction of sp³-hybridized carbons (Fsp3) is 0.214. The average molecular weight is 491 g/mol. The van der Waals surface area contributed by atoms with Crippen LogP contribution in [0.5, 0.6) is 17.2 Å². The van der Waals surface area contributed by atoms with E-state index in [9.17, 15) is 15.0 Å². The molecule has 0 bridgehead atoms. The van der Waals surface area contributed by atoms with E-state index in [1.807, 2.05) is 19.9 Å². The molecule has 1 heterocycles. The first-order valence-corrected chi connectivity index (χ1v) is 11.5. The molecule has 1 aliphatic heterocycles. The number of allylic oxidation sites excluding steroid dienone is 1. The molecule has 1 aliphatic rings. The van der Waals surface area contributed by atoms with E-state index in [1.165, 1.54) is 7.11 Å². The highest BCUT2D eigenvalue weighted by molar-refractivity contribution is 6.30. The number of ether oxygens (including phenoxy) is 1. The number of halogens is 1. The molecule has 1 atom stereocenters. The number of carbonyl (C=O) groups excluding carboxylic acids is 1. The number of benzene rings is 3. The largest absolute Gasteiger partial charge is 0.508 e. The number of phenols is 2. The number of anilines is 1. The minimum absolute atomic E-state index is 0.0862. The molecule has 180 valence electrons. The average Bonchev–Trinajstić information content (AvgIpc) is 2.84. The van der Waals surface area contributed by atoms with Gasteiger partial charge in [0.1, 0.15) is 17.2 Å². The molecule has 2 amide bonds. The molecule has 0 radical (unpaired) electrons. The summed E-state index contributed by atoms with van der Waals surface area (Å²) in [7, 11) is 1.53. The first-order valence-electron chi connectivity index (χ1n) is 11.2. The number of carbonyl (C=O) groups is 1. The number of hydrogen-bond donors (Lipinski definition) is 2. The third kappa shape index (κ3) is 4.75. The molecule has 4 rings (SSSR count). The second kappa shape index (κ2) is 9.47. The van der Waals surface area contributed by atoms with E-state index in [1.54, 1.807) is 65.6 Å². The molecule has 7 heteroatoms. The van der Waals surface area contributed by atoms with Crippen LogP contribution in [-0.2, 0) is 5.41 Å². The molecule has 0 saturated carbocycles. The number of aliphatic imine (C=N–C) groups is 1. The lowest BCUT2D eigenvalue weighted by Gasteiger charge is -2.36. The van der Waals surface area contributed by atoms with E-state index < -0.39 is 17.5 Å². The molecule has 0 aliphatic carbocycles. The molecule has 1 unspecified atom stereocenters. The lowest BCUT2D eigenvalue weighted by atomic mass is 9.81. The van der Waals surface area contributed by atoms with Crippen molar-refractivity contribution in [3.8, 4) is 17.2 Å². The number of amides is 2. The fourth-order valence-corrected chi connectivity index (χ4v) is 4.38. The van der Waals surface area contributed by atoms with Gasteiger partial charge in [0.05, 0.1) is 18.9 Å². The molecule has 0 spiro atoms. The van der Waals surface area contributed by atoms with Crippen LogP contribution in [0.2, 0.25) is 5.02 Å². The Bertz CT molecular complexity index is 1300. The van der Waals surface area contributed by atoms with Crippen LogP contribution >= 0.6 is 11.6 Å². The highest BCUT2D eigenvalue weighted by Crippen LogP contribution is 2.44. The van der Waals surface area contributed by atoms with Crippen LogP contribution in [0, 0.1) is 0 Å². The molecular formula is C28H27ClN2O4. The Balaban J connectivity index is 1.92. The van der Waals surface area contributed by atoms with Gasteiger partial charge in [-0.15, -0.1) is 6.58 Å². The number of aromatic hydroxyl groups is 2. The van der Waals surface area contributed by atoms with Crippen LogP contribution in [0.3, 0.4) is 0 Å². The summed E-state index contributed by atoms with van der Waals surface area (Å²) >= 11 is 6.10. The number of rotatable bonds is 6. The zero-order valence-electron chi connectivity index (χ0n) is 19.8. The summed E-state index contributed by atoms with van der Waals surface area (Å²) < 4.78 is 5.66. The normalized spacial score (nSPS) is 16.1. The number of hydrogen-bond acceptors (Lipinski definition) is 4. The van der Waals surface area contributed by atoms with Gasteiger partial charge in [-0.3, -0.25) is 4.90 Å². The molecular weight excluding hydrogens is 464 g/mol. The van der Waals surface area contributed by atoms with Crippen molar-refractivity contribution < 1.29 is 19.7 Å². The maximum atomic E-state index is 13.5. The Hall–Kier alpha value is -3.77. The Morgan fingerprint density at radius 3 is 2.37 bits per heavy atom. The summed E-state index contributed by atoms with van der Waals surface area (Å²) in [6, 6.07) is 16.1. The van der Waals surface area contributed by atoms with Crippen LogP contribution in [0.1, 0.15) is 43.0 Å². The van der Waals surface area contributed by atoms with Gasteiger partial charge in [0.2, 0.25) is 0 Å². The van der Waals surface area contributed by atoms with E-state index >= 15 is 0 Å². The summed E-state index contributed by atoms with van der Waals surface area (Å²) in [6.07, 6.45) is 2.15. The lowest BCUT2D eigenvalue weighted by molar-refractivity contribution is 0.251. The van der Waals surface area contributed by atoms with E-state index in [2.05, 4.69) is 11.6 Å². The molecule has 0 saturated heterocycles. The SMILES string of the molecule is C=CC(C)(C)c1cc(C2CC(c3ccc(O)cc3)=NC(=O)N2c2ccc(Cl)cc2)c(OC)cc1O. The van der Waals surface area contributed by atoms with Gasteiger partial charge in [-0.05, 0) is 60.2 Å². The maximum Gasteiger partial charge on any atom is 0.348 e. The molecule has 2 N–H and O–H groups in total. The van der Waals surface area contributed by atoms with Gasteiger partial charge in [0, 0.05) is 39.7 Å². The second-order valence-electron chi connectivity index (χ2n) is 8.99. The van der Waals surface area contributed by atoms with Crippen molar-refractivity contribution in [2.45, 2.75) is 31.7 Å². The van der Waals surface area contributed by atoms with Crippen molar-refractivity contribution in [3.63, 3.8) is 0 Å². The molecule has 35 heavy (non-hydrogen) atoms. The Kier molecular flexibility index (Phi) is 6.59. The van der Waals surface area contributed by atoms with E-state index in [4.69, 9.17) is 16.3 Å². The van der Waals surface area contributed by atoms with Crippen LogP contribution in [0.15, 0.2) is 78.3 Å². The van der Waals surface area contributed by atoms with Gasteiger partial charge in [-0.25, -0.2) is 4.79 Å². The number of nitrogens with zero attached hydrogens (tertiary/aromatic N) is 2. The summed E-state index contributed by atoms with van der Waals surface area (Å²) in [5.41, 5.74) is 2.83. The van der Waals surface area contributed by atoms with Crippen molar-refractivity contribution in [2.75, 3.05) is 12.0 Å². The Morgan fingerprint density at radius 2 is 1.77 bits per heavy atom. The van der Waals surface area contributed by atoms with Gasteiger partial charge >= 0.3 is 6.03 Å². The van der Waals surface area contributed by atoms with E-state index in [0.717, 1.165) is 11.1 Å². The standard InChI is InChI=1S/C28H27ClN2O4/c1-5-28(2,3)22-14-21(26(35-4)16-25(22)33)24-15-23(17-6-12-20(32)13-7-17)30-27(34)31(24)19-10-8-18(29)9-11-19/h5-14,16,24,32-33H,1,15H2,2-4H3. The molecule has 0 aromatic heterocycles. The van der Waals surface area contributed by atoms with Gasteiger partial charge < -0.3 is 14.9 Å². The predicted molar refractivity (Wildman–Crippen MR) is 139 cm³/mol. The third-order valence-corrected chi connectivity index (χ3v) is 6.60. The summed E-state index contributed by atoms with van der Waals surface area (Å²) in [5.74, 6) is 0.672. The molecule has 3 aromatic carbocycles. The predicted octanol–water partition coefficient (Wildman–Crippen LogP) is 6.78. The van der Waals surface area contributed by atoms with Crippen molar-refractivity contribution in [1.29, 1.82) is 0 Å². The van der Waals surface area contributed by atoms with Crippen molar-refractivity contribution in [1.82, 2.24) is 0 Å². The van der Waals surface area contributed by atoms with Crippen LogP contribution in [0.25, 0.3) is 0 Å². The van der Waals surface area contributed by atoms with Crippen molar-refractivity contribution in [3.05, 3.63) is 95.0 Å². The zero-order chi connectivity index (χ0) is 25.3. The topological polar surface area (TPSA) is 82.4 Å². The molecule has 3 aromatic rings. The minimum Gasteiger partial charge on any atom is -0.508 e. The first-order chi connectivity index (χ1) is 16.6. The second-order valence-corrected chi connectivity index (χ2v) is 9.43. The molecule has 0 fully saturated rings. The summed E-state index contributed by atoms with van der Waals surface area (Å²) in [4.78, 5) is 19.5. The van der Waals surface area contributed by atoms with Crippen LogP contribution in [-0.4, -0.2) is 29.1 Å². The van der Waals surface area contributed by atoms with Crippen molar-refractivity contribution in [2.24, 2.45) is 4.99 Å².